The van der Waals surface area contributed by atoms with Gasteiger partial charge in [-0.05, 0) is 60.9 Å². The number of carbonyl (C=O) groups excluding carboxylic acids is 1. The van der Waals surface area contributed by atoms with Gasteiger partial charge < -0.3 is 10.1 Å². The van der Waals surface area contributed by atoms with Crippen LogP contribution in [0.1, 0.15) is 28.7 Å². The minimum Gasteiger partial charge on any atom is -0.489 e. The predicted molar refractivity (Wildman–Crippen MR) is 131 cm³/mol. The minimum atomic E-state index is -3.69. The number of nitrogens with one attached hydrogen (secondary N) is 2. The molecule has 0 heterocycles. The summed E-state index contributed by atoms with van der Waals surface area (Å²) < 4.78 is 33.3. The van der Waals surface area contributed by atoms with Crippen molar-refractivity contribution in [2.75, 3.05) is 11.9 Å². The molecule has 0 aromatic heterocycles. The molecular formula is C26H27N3O4S. The quantitative estimate of drug-likeness (QED) is 0.454. The van der Waals surface area contributed by atoms with Gasteiger partial charge in [-0.1, -0.05) is 36.4 Å². The first-order chi connectivity index (χ1) is 16.3. The van der Waals surface area contributed by atoms with Crippen molar-refractivity contribution in [3.8, 4) is 11.8 Å². The highest BCUT2D eigenvalue weighted by atomic mass is 32.2. The highest BCUT2D eigenvalue weighted by molar-refractivity contribution is 7.89. The van der Waals surface area contributed by atoms with Crippen LogP contribution in [0, 0.1) is 25.2 Å². The number of ether oxygens (including phenoxy) is 1. The maximum Gasteiger partial charge on any atom is 0.240 e. The van der Waals surface area contributed by atoms with E-state index in [9.17, 15) is 13.2 Å². The number of amides is 1. The van der Waals surface area contributed by atoms with Crippen LogP contribution in [0.2, 0.25) is 0 Å². The zero-order chi connectivity index (χ0) is 24.6. The second-order valence-corrected chi connectivity index (χ2v) is 9.63. The summed E-state index contributed by atoms with van der Waals surface area (Å²) in [6.45, 7) is 3.99. The molecule has 0 unspecified atom stereocenters. The van der Waals surface area contributed by atoms with Crippen molar-refractivity contribution in [3.63, 3.8) is 0 Å². The molecule has 0 aliphatic rings. The van der Waals surface area contributed by atoms with Gasteiger partial charge in [0.2, 0.25) is 15.9 Å². The Morgan fingerprint density at radius 1 is 1.00 bits per heavy atom. The number of sulfonamides is 1. The van der Waals surface area contributed by atoms with Crippen molar-refractivity contribution < 1.29 is 17.9 Å². The first-order valence-corrected chi connectivity index (χ1v) is 12.3. The van der Waals surface area contributed by atoms with Gasteiger partial charge in [0.25, 0.3) is 0 Å². The van der Waals surface area contributed by atoms with Gasteiger partial charge in [-0.15, -0.1) is 0 Å². The number of rotatable bonds is 10. The number of hydrogen-bond acceptors (Lipinski definition) is 5. The number of hydrogen-bond donors (Lipinski definition) is 2. The van der Waals surface area contributed by atoms with E-state index >= 15 is 0 Å². The average molecular weight is 478 g/mol. The first-order valence-electron chi connectivity index (χ1n) is 10.8. The number of nitrogens with zero attached hydrogens (tertiary/aromatic N) is 1. The van der Waals surface area contributed by atoms with Crippen LogP contribution in [0.25, 0.3) is 0 Å². The van der Waals surface area contributed by atoms with Crippen LogP contribution >= 0.6 is 0 Å². The summed E-state index contributed by atoms with van der Waals surface area (Å²) >= 11 is 0. The SMILES string of the molecule is Cc1ccc(S(=O)(=O)NCCC(=O)Nc2ccccc2COc2ccc(CC#N)cc2)cc1C. The fourth-order valence-electron chi connectivity index (χ4n) is 3.20. The Morgan fingerprint density at radius 3 is 2.44 bits per heavy atom. The van der Waals surface area contributed by atoms with Crippen molar-refractivity contribution in [2.45, 2.75) is 38.2 Å². The van der Waals surface area contributed by atoms with E-state index in [4.69, 9.17) is 10.00 Å². The van der Waals surface area contributed by atoms with E-state index in [-0.39, 0.29) is 30.4 Å². The molecule has 0 saturated heterocycles. The Hall–Kier alpha value is -3.67. The molecule has 7 nitrogen and oxygen atoms in total. The summed E-state index contributed by atoms with van der Waals surface area (Å²) in [6.07, 6.45) is 0.329. The van der Waals surface area contributed by atoms with Gasteiger partial charge in [0.15, 0.2) is 0 Å². The van der Waals surface area contributed by atoms with Gasteiger partial charge in [0.1, 0.15) is 12.4 Å². The van der Waals surface area contributed by atoms with Crippen molar-refractivity contribution >= 4 is 21.6 Å². The molecule has 0 fully saturated rings. The predicted octanol–water partition coefficient (Wildman–Crippen LogP) is 4.26. The fourth-order valence-corrected chi connectivity index (χ4v) is 4.32. The molecule has 34 heavy (non-hydrogen) atoms. The lowest BCUT2D eigenvalue weighted by Crippen LogP contribution is -2.28. The molecule has 0 radical (unpaired) electrons. The van der Waals surface area contributed by atoms with Gasteiger partial charge in [-0.2, -0.15) is 5.26 Å². The van der Waals surface area contributed by atoms with Crippen LogP contribution in [0.5, 0.6) is 5.75 Å². The topological polar surface area (TPSA) is 108 Å². The summed E-state index contributed by atoms with van der Waals surface area (Å²) in [5, 5.41) is 11.6. The van der Waals surface area contributed by atoms with E-state index in [1.54, 1.807) is 42.5 Å². The Labute approximate surface area is 200 Å². The molecule has 0 atom stereocenters. The highest BCUT2D eigenvalue weighted by Crippen LogP contribution is 2.20. The first kappa shape index (κ1) is 25.0. The highest BCUT2D eigenvalue weighted by Gasteiger charge is 2.15. The number of para-hydroxylation sites is 1. The van der Waals surface area contributed by atoms with Crippen LogP contribution in [-0.4, -0.2) is 20.9 Å². The van der Waals surface area contributed by atoms with E-state index in [1.165, 1.54) is 0 Å². The van der Waals surface area contributed by atoms with Gasteiger partial charge in [-0.25, -0.2) is 13.1 Å². The molecule has 3 aromatic rings. The molecule has 176 valence electrons. The molecule has 8 heteroatoms. The normalized spacial score (nSPS) is 11.0. The molecule has 1 amide bonds. The third-order valence-electron chi connectivity index (χ3n) is 5.33. The molecular weight excluding hydrogens is 450 g/mol. The van der Waals surface area contributed by atoms with Crippen molar-refractivity contribution in [2.24, 2.45) is 0 Å². The largest absolute Gasteiger partial charge is 0.489 e. The lowest BCUT2D eigenvalue weighted by Gasteiger charge is -2.13. The summed E-state index contributed by atoms with van der Waals surface area (Å²) in [5.41, 5.74) is 4.20. The molecule has 0 aliphatic carbocycles. The smallest absolute Gasteiger partial charge is 0.240 e. The van der Waals surface area contributed by atoms with E-state index in [0.717, 1.165) is 22.3 Å². The zero-order valence-corrected chi connectivity index (χ0v) is 20.0. The molecule has 3 aromatic carbocycles. The third-order valence-corrected chi connectivity index (χ3v) is 6.78. The summed E-state index contributed by atoms with van der Waals surface area (Å²) in [6, 6.07) is 21.6. The number of aryl methyl sites for hydroxylation is 2. The Bertz CT molecular complexity index is 1300. The average Bonchev–Trinajstić information content (AvgIpc) is 2.81. The maximum absolute atomic E-state index is 12.5. The van der Waals surface area contributed by atoms with Gasteiger partial charge in [0.05, 0.1) is 17.4 Å². The molecule has 0 aliphatic heterocycles. The van der Waals surface area contributed by atoms with Crippen LogP contribution in [0.3, 0.4) is 0 Å². The Morgan fingerprint density at radius 2 is 1.74 bits per heavy atom. The lowest BCUT2D eigenvalue weighted by molar-refractivity contribution is -0.116. The number of nitriles is 1. The van der Waals surface area contributed by atoms with Crippen LogP contribution < -0.4 is 14.8 Å². The van der Waals surface area contributed by atoms with E-state index in [0.29, 0.717) is 17.9 Å². The van der Waals surface area contributed by atoms with Crippen molar-refractivity contribution in [3.05, 3.63) is 89.0 Å². The van der Waals surface area contributed by atoms with Gasteiger partial charge in [-0.3, -0.25) is 4.79 Å². The van der Waals surface area contributed by atoms with E-state index in [1.807, 2.05) is 38.1 Å². The summed E-state index contributed by atoms with van der Waals surface area (Å²) in [4.78, 5) is 12.6. The van der Waals surface area contributed by atoms with Gasteiger partial charge >= 0.3 is 0 Å². The molecule has 0 saturated carbocycles. The van der Waals surface area contributed by atoms with Gasteiger partial charge in [0, 0.05) is 24.2 Å². The maximum atomic E-state index is 12.5. The molecule has 2 N–H and O–H groups in total. The minimum absolute atomic E-state index is 0.0143. The second kappa shape index (κ2) is 11.5. The second-order valence-electron chi connectivity index (χ2n) is 7.87. The summed E-state index contributed by atoms with van der Waals surface area (Å²) in [5.74, 6) is 0.347. The lowest BCUT2D eigenvalue weighted by atomic mass is 10.1. The van der Waals surface area contributed by atoms with E-state index < -0.39 is 10.0 Å². The van der Waals surface area contributed by atoms with Crippen LogP contribution in [0.15, 0.2) is 71.6 Å². The molecule has 0 spiro atoms. The number of carbonyl (C=O) groups is 1. The van der Waals surface area contributed by atoms with Crippen LogP contribution in [-0.2, 0) is 27.8 Å². The Kier molecular flexibility index (Phi) is 8.41. The van der Waals surface area contributed by atoms with E-state index in [2.05, 4.69) is 16.1 Å². The standard InChI is InChI=1S/C26H27N3O4S/c1-19-7-12-24(17-20(19)2)34(31,32)28-16-14-26(30)29-25-6-4-3-5-22(25)18-33-23-10-8-21(9-11-23)13-15-27/h3-12,17,28H,13-14,16,18H2,1-2H3,(H,29,30). The number of anilines is 1. The third kappa shape index (κ3) is 6.91. The van der Waals surface area contributed by atoms with Crippen molar-refractivity contribution in [1.82, 2.24) is 4.72 Å². The number of benzene rings is 3. The van der Waals surface area contributed by atoms with Crippen LogP contribution in [0.4, 0.5) is 5.69 Å². The monoisotopic (exact) mass is 477 g/mol. The molecule has 3 rings (SSSR count). The molecule has 0 bridgehead atoms. The zero-order valence-electron chi connectivity index (χ0n) is 19.2. The summed E-state index contributed by atoms with van der Waals surface area (Å²) in [7, 11) is -3.69. The Balaban J connectivity index is 1.54. The fraction of sp³-hybridized carbons (Fsp3) is 0.231. The van der Waals surface area contributed by atoms with Crippen molar-refractivity contribution in [1.29, 1.82) is 5.26 Å².